The van der Waals surface area contributed by atoms with Gasteiger partial charge < -0.3 is 4.74 Å². The molecule has 1 atom stereocenters. The second-order valence-corrected chi connectivity index (χ2v) is 9.12. The normalized spacial score (nSPS) is 17.7. The fourth-order valence-electron chi connectivity index (χ4n) is 3.86. The molecule has 1 unspecified atom stereocenters. The maximum absolute atomic E-state index is 13.3. The van der Waals surface area contributed by atoms with Gasteiger partial charge in [0.05, 0.1) is 17.0 Å². The van der Waals surface area contributed by atoms with Crippen LogP contribution in [-0.2, 0) is 10.0 Å². The van der Waals surface area contributed by atoms with Gasteiger partial charge in [-0.3, -0.25) is 0 Å². The van der Waals surface area contributed by atoms with Crippen molar-refractivity contribution in [1.82, 2.24) is 9.29 Å². The van der Waals surface area contributed by atoms with Crippen molar-refractivity contribution in [3.05, 3.63) is 78.9 Å². The van der Waals surface area contributed by atoms with E-state index in [0.717, 1.165) is 21.7 Å². The molecule has 0 bridgehead atoms. The van der Waals surface area contributed by atoms with Gasteiger partial charge in [-0.2, -0.15) is 4.31 Å². The van der Waals surface area contributed by atoms with E-state index in [1.807, 2.05) is 66.7 Å². The molecule has 0 spiro atoms. The van der Waals surface area contributed by atoms with E-state index in [-0.39, 0.29) is 6.10 Å². The van der Waals surface area contributed by atoms with Crippen LogP contribution in [0.2, 0.25) is 0 Å². The Morgan fingerprint density at radius 2 is 1.62 bits per heavy atom. The first-order valence-electron chi connectivity index (χ1n) is 9.62. The molecule has 2 heterocycles. The summed E-state index contributed by atoms with van der Waals surface area (Å²) in [5.41, 5.74) is 0.864. The highest BCUT2D eigenvalue weighted by Crippen LogP contribution is 2.29. The first-order chi connectivity index (χ1) is 14.1. The van der Waals surface area contributed by atoms with Gasteiger partial charge in [0.2, 0.25) is 15.9 Å². The molecular formula is C23H20N2O3S. The number of nitrogens with zero attached hydrogens (tertiary/aromatic N) is 2. The molecule has 0 N–H and O–H groups in total. The van der Waals surface area contributed by atoms with Crippen LogP contribution in [0.1, 0.15) is 6.42 Å². The van der Waals surface area contributed by atoms with Crippen molar-refractivity contribution >= 4 is 31.7 Å². The average Bonchev–Trinajstić information content (AvgIpc) is 3.22. The third kappa shape index (κ3) is 3.34. The molecule has 0 amide bonds. The Kier molecular flexibility index (Phi) is 4.45. The van der Waals surface area contributed by atoms with Gasteiger partial charge in [-0.15, -0.1) is 0 Å². The summed E-state index contributed by atoms with van der Waals surface area (Å²) in [5.74, 6) is 0.526. The number of ether oxygens (including phenoxy) is 1. The van der Waals surface area contributed by atoms with Crippen molar-refractivity contribution in [3.63, 3.8) is 0 Å². The van der Waals surface area contributed by atoms with Crippen molar-refractivity contribution in [2.75, 3.05) is 13.1 Å². The standard InChI is InChI=1S/C23H20N2O3S/c26-29(27,22-11-5-8-17-6-1-3-9-20(17)22)25-15-14-19(16-25)28-23-13-12-18-7-2-4-10-21(18)24-23/h1-13,19H,14-16H2. The van der Waals surface area contributed by atoms with E-state index in [9.17, 15) is 8.42 Å². The van der Waals surface area contributed by atoms with Gasteiger partial charge in [0.1, 0.15) is 6.10 Å². The van der Waals surface area contributed by atoms with Crippen LogP contribution < -0.4 is 4.74 Å². The molecule has 1 aliphatic heterocycles. The Bertz CT molecular complexity index is 1300. The lowest BCUT2D eigenvalue weighted by atomic mass is 10.1. The zero-order valence-electron chi connectivity index (χ0n) is 15.7. The zero-order valence-corrected chi connectivity index (χ0v) is 16.5. The number of sulfonamides is 1. The fraction of sp³-hybridized carbons (Fsp3) is 0.174. The van der Waals surface area contributed by atoms with E-state index in [4.69, 9.17) is 4.74 Å². The van der Waals surface area contributed by atoms with E-state index >= 15 is 0 Å². The van der Waals surface area contributed by atoms with Gasteiger partial charge in [-0.1, -0.05) is 54.6 Å². The number of rotatable bonds is 4. The quantitative estimate of drug-likeness (QED) is 0.511. The van der Waals surface area contributed by atoms with Crippen LogP contribution in [0.5, 0.6) is 5.88 Å². The van der Waals surface area contributed by atoms with Gasteiger partial charge in [0, 0.05) is 23.4 Å². The van der Waals surface area contributed by atoms with E-state index in [1.54, 1.807) is 12.1 Å². The molecule has 1 aromatic heterocycles. The van der Waals surface area contributed by atoms with Crippen LogP contribution in [0.15, 0.2) is 83.8 Å². The Balaban J connectivity index is 1.38. The average molecular weight is 404 g/mol. The van der Waals surface area contributed by atoms with E-state index in [2.05, 4.69) is 4.98 Å². The predicted molar refractivity (Wildman–Crippen MR) is 113 cm³/mol. The lowest BCUT2D eigenvalue weighted by molar-refractivity contribution is 0.207. The molecule has 1 saturated heterocycles. The van der Waals surface area contributed by atoms with Crippen LogP contribution in [-0.4, -0.2) is 36.9 Å². The Morgan fingerprint density at radius 3 is 2.52 bits per heavy atom. The molecule has 5 rings (SSSR count). The minimum absolute atomic E-state index is 0.214. The molecule has 146 valence electrons. The highest BCUT2D eigenvalue weighted by Gasteiger charge is 2.34. The molecule has 6 heteroatoms. The lowest BCUT2D eigenvalue weighted by Crippen LogP contribution is -2.31. The van der Waals surface area contributed by atoms with Crippen molar-refractivity contribution in [1.29, 1.82) is 0 Å². The third-order valence-corrected chi connectivity index (χ3v) is 7.26. The van der Waals surface area contributed by atoms with Crippen molar-refractivity contribution in [2.45, 2.75) is 17.4 Å². The van der Waals surface area contributed by atoms with Crippen molar-refractivity contribution < 1.29 is 13.2 Å². The largest absolute Gasteiger partial charge is 0.473 e. The Labute approximate surface area is 169 Å². The highest BCUT2D eigenvalue weighted by atomic mass is 32.2. The first kappa shape index (κ1) is 18.1. The first-order valence-corrected chi connectivity index (χ1v) is 11.1. The smallest absolute Gasteiger partial charge is 0.243 e. The van der Waals surface area contributed by atoms with Crippen LogP contribution in [0.25, 0.3) is 21.7 Å². The molecular weight excluding hydrogens is 384 g/mol. The summed E-state index contributed by atoms with van der Waals surface area (Å²) in [6, 6.07) is 24.6. The van der Waals surface area contributed by atoms with Gasteiger partial charge in [-0.05, 0) is 30.0 Å². The summed E-state index contributed by atoms with van der Waals surface area (Å²) in [6.07, 6.45) is 0.423. The molecule has 3 aromatic carbocycles. The molecule has 1 fully saturated rings. The van der Waals surface area contributed by atoms with Crippen LogP contribution in [0, 0.1) is 0 Å². The fourth-order valence-corrected chi connectivity index (χ4v) is 5.56. The number of hydrogen-bond donors (Lipinski definition) is 0. The number of pyridine rings is 1. The summed E-state index contributed by atoms with van der Waals surface area (Å²) in [7, 11) is -3.59. The number of benzene rings is 3. The van der Waals surface area contributed by atoms with Crippen molar-refractivity contribution in [2.24, 2.45) is 0 Å². The number of hydrogen-bond acceptors (Lipinski definition) is 4. The van der Waals surface area contributed by atoms with Gasteiger partial charge in [-0.25, -0.2) is 13.4 Å². The molecule has 1 aliphatic rings. The zero-order chi connectivity index (χ0) is 19.8. The minimum atomic E-state index is -3.59. The van der Waals surface area contributed by atoms with Gasteiger partial charge in [0.15, 0.2) is 0 Å². The number of para-hydroxylation sites is 1. The lowest BCUT2D eigenvalue weighted by Gasteiger charge is -2.18. The summed E-state index contributed by atoms with van der Waals surface area (Å²) >= 11 is 0. The van der Waals surface area contributed by atoms with E-state index in [1.165, 1.54) is 4.31 Å². The van der Waals surface area contributed by atoms with Crippen LogP contribution in [0.4, 0.5) is 0 Å². The SMILES string of the molecule is O=S(=O)(c1cccc2ccccc12)N1CCC(Oc2ccc3ccccc3n2)C1. The molecule has 0 saturated carbocycles. The van der Waals surface area contributed by atoms with Crippen LogP contribution >= 0.6 is 0 Å². The van der Waals surface area contributed by atoms with Gasteiger partial charge >= 0.3 is 0 Å². The molecule has 4 aromatic rings. The van der Waals surface area contributed by atoms with E-state index in [0.29, 0.717) is 30.3 Å². The van der Waals surface area contributed by atoms with Crippen LogP contribution in [0.3, 0.4) is 0 Å². The second kappa shape index (κ2) is 7.13. The van der Waals surface area contributed by atoms with Crippen molar-refractivity contribution in [3.8, 4) is 5.88 Å². The second-order valence-electron chi connectivity index (χ2n) is 7.21. The Hall–Kier alpha value is -2.96. The number of aromatic nitrogens is 1. The highest BCUT2D eigenvalue weighted by molar-refractivity contribution is 7.89. The summed E-state index contributed by atoms with van der Waals surface area (Å²) in [5, 5.41) is 2.71. The summed E-state index contributed by atoms with van der Waals surface area (Å²) in [4.78, 5) is 4.88. The van der Waals surface area contributed by atoms with Gasteiger partial charge in [0.25, 0.3) is 0 Å². The molecule has 0 radical (unpaired) electrons. The topological polar surface area (TPSA) is 59.5 Å². The molecule has 5 nitrogen and oxygen atoms in total. The summed E-state index contributed by atoms with van der Waals surface area (Å²) in [6.45, 7) is 0.754. The predicted octanol–water partition coefficient (Wildman–Crippen LogP) is 4.23. The summed E-state index contributed by atoms with van der Waals surface area (Å²) < 4.78 is 34.1. The maximum Gasteiger partial charge on any atom is 0.243 e. The van der Waals surface area contributed by atoms with E-state index < -0.39 is 10.0 Å². The third-order valence-electron chi connectivity index (χ3n) is 5.34. The molecule has 29 heavy (non-hydrogen) atoms. The Morgan fingerprint density at radius 1 is 0.862 bits per heavy atom. The maximum atomic E-state index is 13.3. The number of fused-ring (bicyclic) bond motifs is 2. The monoisotopic (exact) mass is 404 g/mol. The molecule has 0 aliphatic carbocycles. The minimum Gasteiger partial charge on any atom is -0.473 e.